The number of hydrogen-bond acceptors (Lipinski definition) is 7. The van der Waals surface area contributed by atoms with E-state index < -0.39 is 10.0 Å². The van der Waals surface area contributed by atoms with Crippen LogP contribution in [0.5, 0.6) is 0 Å². The van der Waals surface area contributed by atoms with Crippen molar-refractivity contribution in [3.63, 3.8) is 0 Å². The van der Waals surface area contributed by atoms with E-state index in [1.807, 2.05) is 12.1 Å². The van der Waals surface area contributed by atoms with Gasteiger partial charge in [-0.25, -0.2) is 13.4 Å². The first-order valence-electron chi connectivity index (χ1n) is 9.63. The van der Waals surface area contributed by atoms with Crippen LogP contribution in [0.2, 0.25) is 0 Å². The Labute approximate surface area is 168 Å². The van der Waals surface area contributed by atoms with Crippen LogP contribution >= 0.6 is 0 Å². The zero-order chi connectivity index (χ0) is 20.2. The van der Waals surface area contributed by atoms with Crippen LogP contribution in [-0.4, -0.2) is 50.5 Å². The molecule has 10 heteroatoms. The molecule has 1 saturated heterocycles. The van der Waals surface area contributed by atoms with E-state index in [1.54, 1.807) is 41.4 Å². The highest BCUT2D eigenvalue weighted by Gasteiger charge is 2.59. The first-order valence-corrected chi connectivity index (χ1v) is 11.1. The molecule has 1 spiro atoms. The number of imidazole rings is 1. The van der Waals surface area contributed by atoms with Crippen molar-refractivity contribution >= 4 is 10.0 Å². The van der Waals surface area contributed by atoms with Gasteiger partial charge in [-0.3, -0.25) is 4.98 Å². The maximum absolute atomic E-state index is 12.9. The molecule has 1 aliphatic carbocycles. The normalized spacial score (nSPS) is 21.5. The van der Waals surface area contributed by atoms with E-state index in [2.05, 4.69) is 20.1 Å². The van der Waals surface area contributed by atoms with Gasteiger partial charge >= 0.3 is 0 Å². The fraction of sp³-hybridized carbons (Fsp3) is 0.474. The van der Waals surface area contributed by atoms with Gasteiger partial charge in [0.25, 0.3) is 10.0 Å². The summed E-state index contributed by atoms with van der Waals surface area (Å²) < 4.78 is 34.6. The third-order valence-corrected chi connectivity index (χ3v) is 8.03. The lowest BCUT2D eigenvalue weighted by Gasteiger charge is -2.31. The minimum absolute atomic E-state index is 0.0603. The van der Waals surface area contributed by atoms with Crippen molar-refractivity contribution in [3.8, 4) is 11.4 Å². The molecule has 2 aliphatic rings. The van der Waals surface area contributed by atoms with Crippen LogP contribution in [0.4, 0.5) is 0 Å². The summed E-state index contributed by atoms with van der Waals surface area (Å²) in [4.78, 5) is 12.8. The summed E-state index contributed by atoms with van der Waals surface area (Å²) in [5.74, 6) is 2.06. The summed E-state index contributed by atoms with van der Waals surface area (Å²) in [6.45, 7) is 2.76. The first-order chi connectivity index (χ1) is 13.9. The zero-order valence-electron chi connectivity index (χ0n) is 16.3. The van der Waals surface area contributed by atoms with E-state index in [4.69, 9.17) is 4.52 Å². The molecule has 1 saturated carbocycles. The van der Waals surface area contributed by atoms with Crippen LogP contribution in [-0.2, 0) is 17.1 Å². The quantitative estimate of drug-likeness (QED) is 0.644. The molecule has 2 fully saturated rings. The Morgan fingerprint density at radius 1 is 1.24 bits per heavy atom. The summed E-state index contributed by atoms with van der Waals surface area (Å²) >= 11 is 0. The maximum atomic E-state index is 12.9. The molecule has 1 atom stereocenters. The Bertz CT molecular complexity index is 1130. The largest absolute Gasteiger partial charge is 0.339 e. The standard InChI is InChI=1S/C19H22N6O3S/c1-13-21-16(12-24(13)2)29(26,27)25-8-5-19(6-9-25)10-15(19)18-22-17(23-28-18)14-4-3-7-20-11-14/h3-4,7,11-12,15H,5-6,8-10H2,1-2H3. The average Bonchev–Trinajstić information content (AvgIpc) is 3.05. The van der Waals surface area contributed by atoms with E-state index >= 15 is 0 Å². The van der Waals surface area contributed by atoms with E-state index in [0.29, 0.717) is 30.6 Å². The third-order valence-electron chi connectivity index (χ3n) is 6.26. The Balaban J connectivity index is 1.28. The van der Waals surface area contributed by atoms with Crippen molar-refractivity contribution in [2.75, 3.05) is 13.1 Å². The second-order valence-corrected chi connectivity index (χ2v) is 9.84. The van der Waals surface area contributed by atoms with Gasteiger partial charge in [0.15, 0.2) is 5.03 Å². The highest BCUT2D eigenvalue weighted by atomic mass is 32.2. The van der Waals surface area contributed by atoms with Gasteiger partial charge in [0, 0.05) is 50.2 Å². The number of rotatable bonds is 4. The maximum Gasteiger partial charge on any atom is 0.262 e. The molecule has 1 aliphatic heterocycles. The smallest absolute Gasteiger partial charge is 0.262 e. The van der Waals surface area contributed by atoms with Crippen molar-refractivity contribution < 1.29 is 12.9 Å². The Morgan fingerprint density at radius 2 is 2.03 bits per heavy atom. The molecule has 0 N–H and O–H groups in total. The van der Waals surface area contributed by atoms with E-state index in [1.165, 1.54) is 0 Å². The summed E-state index contributed by atoms with van der Waals surface area (Å²) in [7, 11) is -1.76. The highest BCUT2D eigenvalue weighted by molar-refractivity contribution is 7.89. The van der Waals surface area contributed by atoms with Gasteiger partial charge in [0.2, 0.25) is 11.7 Å². The first kappa shape index (κ1) is 18.4. The molecule has 0 amide bonds. The number of aromatic nitrogens is 5. The van der Waals surface area contributed by atoms with Gasteiger partial charge in [0.1, 0.15) is 5.82 Å². The fourth-order valence-electron chi connectivity index (χ4n) is 4.19. The topological polar surface area (TPSA) is 107 Å². The number of piperidine rings is 1. The van der Waals surface area contributed by atoms with Crippen molar-refractivity contribution in [1.29, 1.82) is 0 Å². The lowest BCUT2D eigenvalue weighted by molar-refractivity contribution is 0.242. The molecule has 4 heterocycles. The fourth-order valence-corrected chi connectivity index (χ4v) is 5.66. The molecule has 152 valence electrons. The zero-order valence-corrected chi connectivity index (χ0v) is 17.1. The molecule has 3 aromatic heterocycles. The number of pyridine rings is 1. The molecule has 3 aromatic rings. The van der Waals surface area contributed by atoms with Gasteiger partial charge in [-0.15, -0.1) is 0 Å². The van der Waals surface area contributed by atoms with Crippen LogP contribution in [0.1, 0.15) is 36.9 Å². The van der Waals surface area contributed by atoms with E-state index in [9.17, 15) is 8.42 Å². The molecule has 1 unspecified atom stereocenters. The highest BCUT2D eigenvalue weighted by Crippen LogP contribution is 2.64. The summed E-state index contributed by atoms with van der Waals surface area (Å²) in [5, 5.41) is 4.21. The predicted octanol–water partition coefficient (Wildman–Crippen LogP) is 2.13. The lowest BCUT2D eigenvalue weighted by atomic mass is 9.92. The van der Waals surface area contributed by atoms with Crippen LogP contribution < -0.4 is 0 Å². The monoisotopic (exact) mass is 414 g/mol. The van der Waals surface area contributed by atoms with Crippen LogP contribution in [0.25, 0.3) is 11.4 Å². The molecule has 0 aromatic carbocycles. The van der Waals surface area contributed by atoms with Crippen LogP contribution in [0.3, 0.4) is 0 Å². The molecular formula is C19H22N6O3S. The van der Waals surface area contributed by atoms with Crippen molar-refractivity contribution in [2.24, 2.45) is 12.5 Å². The Morgan fingerprint density at radius 3 is 2.69 bits per heavy atom. The Hall–Kier alpha value is -2.59. The van der Waals surface area contributed by atoms with E-state index in [0.717, 1.165) is 24.8 Å². The van der Waals surface area contributed by atoms with E-state index in [-0.39, 0.29) is 16.4 Å². The molecular weight excluding hydrogens is 392 g/mol. The van der Waals surface area contributed by atoms with Gasteiger partial charge in [-0.2, -0.15) is 9.29 Å². The van der Waals surface area contributed by atoms with Crippen molar-refractivity contribution in [1.82, 2.24) is 29.0 Å². The molecule has 0 bridgehead atoms. The average molecular weight is 414 g/mol. The number of sulfonamides is 1. The number of hydrogen-bond donors (Lipinski definition) is 0. The second kappa shape index (κ2) is 6.46. The van der Waals surface area contributed by atoms with Gasteiger partial charge in [-0.05, 0) is 43.7 Å². The predicted molar refractivity (Wildman–Crippen MR) is 103 cm³/mol. The van der Waals surface area contributed by atoms with Crippen molar-refractivity contribution in [3.05, 3.63) is 42.4 Å². The number of aryl methyl sites for hydroxylation is 2. The summed E-state index contributed by atoms with van der Waals surface area (Å²) in [6, 6.07) is 3.73. The van der Waals surface area contributed by atoms with Crippen molar-refractivity contribution in [2.45, 2.75) is 37.1 Å². The molecule has 9 nitrogen and oxygen atoms in total. The molecule has 5 rings (SSSR count). The van der Waals surface area contributed by atoms with Gasteiger partial charge in [-0.1, -0.05) is 5.16 Å². The van der Waals surface area contributed by atoms with Gasteiger partial charge in [0.05, 0.1) is 0 Å². The SMILES string of the molecule is Cc1nc(S(=O)(=O)N2CCC3(CC2)CC3c2nc(-c3cccnc3)no2)cn1C. The number of nitrogens with zero attached hydrogens (tertiary/aromatic N) is 6. The minimum Gasteiger partial charge on any atom is -0.339 e. The van der Waals surface area contributed by atoms with Crippen LogP contribution in [0.15, 0.2) is 40.3 Å². The molecule has 29 heavy (non-hydrogen) atoms. The minimum atomic E-state index is -3.56. The Kier molecular flexibility index (Phi) is 4.11. The van der Waals surface area contributed by atoms with Gasteiger partial charge < -0.3 is 9.09 Å². The second-order valence-electron chi connectivity index (χ2n) is 7.96. The summed E-state index contributed by atoms with van der Waals surface area (Å²) in [6.07, 6.45) is 7.51. The summed E-state index contributed by atoms with van der Waals surface area (Å²) in [5.41, 5.74) is 0.883. The molecule has 0 radical (unpaired) electrons. The van der Waals surface area contributed by atoms with Crippen LogP contribution in [0, 0.1) is 12.3 Å². The lowest BCUT2D eigenvalue weighted by Crippen LogP contribution is -2.39. The third kappa shape index (κ3) is 3.06.